The monoisotopic (exact) mass is 403 g/mol. The molecule has 1 heterocycles. The van der Waals surface area contributed by atoms with E-state index in [9.17, 15) is 9.59 Å². The van der Waals surface area contributed by atoms with Crippen LogP contribution in [0.3, 0.4) is 0 Å². The molecule has 0 atom stereocenters. The van der Waals surface area contributed by atoms with Gasteiger partial charge in [-0.05, 0) is 45.2 Å². The molecule has 0 unspecified atom stereocenters. The summed E-state index contributed by atoms with van der Waals surface area (Å²) in [5.41, 5.74) is 0.606. The van der Waals surface area contributed by atoms with E-state index in [1.165, 1.54) is 24.6 Å². The van der Waals surface area contributed by atoms with Gasteiger partial charge in [0, 0.05) is 19.2 Å². The molecule has 1 aliphatic rings. The van der Waals surface area contributed by atoms with E-state index >= 15 is 0 Å². The van der Waals surface area contributed by atoms with Gasteiger partial charge in [0.15, 0.2) is 5.16 Å². The lowest BCUT2D eigenvalue weighted by molar-refractivity contribution is -0.119. The highest BCUT2D eigenvalue weighted by Gasteiger charge is 2.18. The van der Waals surface area contributed by atoms with Crippen LogP contribution in [0, 0.1) is 0 Å². The van der Waals surface area contributed by atoms with Crippen LogP contribution in [-0.2, 0) is 16.1 Å². The molecule has 1 saturated carbocycles. The van der Waals surface area contributed by atoms with E-state index in [-0.39, 0.29) is 23.3 Å². The Hall–Kier alpha value is -1.86. The van der Waals surface area contributed by atoms with Crippen LogP contribution in [0.15, 0.2) is 34.2 Å². The van der Waals surface area contributed by atoms with E-state index in [1.807, 2.05) is 32.0 Å². The summed E-state index contributed by atoms with van der Waals surface area (Å²) in [6, 6.07) is 7.66. The lowest BCUT2D eigenvalue weighted by Crippen LogP contribution is -2.34. The second-order valence-electron chi connectivity index (χ2n) is 7.48. The van der Waals surface area contributed by atoms with Gasteiger partial charge < -0.3 is 10.1 Å². The number of nitrogens with one attached hydrogen (secondary N) is 1. The van der Waals surface area contributed by atoms with Crippen LogP contribution in [0.2, 0.25) is 0 Å². The van der Waals surface area contributed by atoms with Crippen molar-refractivity contribution in [2.45, 2.75) is 69.8 Å². The van der Waals surface area contributed by atoms with Crippen LogP contribution < -0.4 is 10.9 Å². The number of fused-ring (bicyclic) bond motifs is 1. The maximum Gasteiger partial charge on any atom is 0.262 e. The third kappa shape index (κ3) is 5.58. The van der Waals surface area contributed by atoms with Crippen molar-refractivity contribution in [2.75, 3.05) is 12.4 Å². The second kappa shape index (κ2) is 10.1. The molecule has 1 amide bonds. The summed E-state index contributed by atoms with van der Waals surface area (Å²) in [6.07, 6.45) is 5.38. The number of carbonyl (C=O) groups is 1. The predicted molar refractivity (Wildman–Crippen MR) is 113 cm³/mol. The van der Waals surface area contributed by atoms with Crippen LogP contribution in [0.1, 0.15) is 46.0 Å². The minimum atomic E-state index is -0.0613. The van der Waals surface area contributed by atoms with Crippen molar-refractivity contribution in [3.63, 3.8) is 0 Å². The SMILES string of the molecule is CC(C)OCCCn1c(SCC(=O)NC2CCCC2)nc2ccccc2c1=O. The molecular weight excluding hydrogens is 374 g/mol. The Morgan fingerprint density at radius 1 is 1.32 bits per heavy atom. The van der Waals surface area contributed by atoms with Gasteiger partial charge in [0.2, 0.25) is 5.91 Å². The molecule has 0 radical (unpaired) electrons. The fraction of sp³-hybridized carbons (Fsp3) is 0.571. The van der Waals surface area contributed by atoms with Gasteiger partial charge in [0.05, 0.1) is 22.8 Å². The largest absolute Gasteiger partial charge is 0.379 e. The van der Waals surface area contributed by atoms with Gasteiger partial charge in [-0.2, -0.15) is 0 Å². The second-order valence-corrected chi connectivity index (χ2v) is 8.42. The zero-order valence-electron chi connectivity index (χ0n) is 16.6. The summed E-state index contributed by atoms with van der Waals surface area (Å²) in [7, 11) is 0. The van der Waals surface area contributed by atoms with Crippen molar-refractivity contribution in [3.8, 4) is 0 Å². The summed E-state index contributed by atoms with van der Waals surface area (Å²) >= 11 is 1.33. The Balaban J connectivity index is 1.73. The molecule has 3 rings (SSSR count). The average molecular weight is 404 g/mol. The summed E-state index contributed by atoms with van der Waals surface area (Å²) in [6.45, 7) is 5.10. The first-order chi connectivity index (χ1) is 13.5. The number of benzene rings is 1. The zero-order chi connectivity index (χ0) is 19.9. The predicted octanol–water partition coefficient (Wildman–Crippen LogP) is 3.36. The van der Waals surface area contributed by atoms with Gasteiger partial charge in [-0.15, -0.1) is 0 Å². The van der Waals surface area contributed by atoms with Crippen LogP contribution in [-0.4, -0.2) is 40.0 Å². The number of para-hydroxylation sites is 1. The number of ether oxygens (including phenoxy) is 1. The molecule has 28 heavy (non-hydrogen) atoms. The lowest BCUT2D eigenvalue weighted by atomic mass is 10.2. The molecule has 1 aromatic carbocycles. The third-order valence-electron chi connectivity index (χ3n) is 4.86. The highest BCUT2D eigenvalue weighted by atomic mass is 32.2. The Bertz CT molecular complexity index is 860. The molecule has 6 nitrogen and oxygen atoms in total. The van der Waals surface area contributed by atoms with Crippen molar-refractivity contribution >= 4 is 28.6 Å². The van der Waals surface area contributed by atoms with Crippen LogP contribution in [0.4, 0.5) is 0 Å². The lowest BCUT2D eigenvalue weighted by Gasteiger charge is -2.15. The molecule has 0 bridgehead atoms. The van der Waals surface area contributed by atoms with E-state index in [0.29, 0.717) is 35.3 Å². The van der Waals surface area contributed by atoms with Crippen molar-refractivity contribution in [3.05, 3.63) is 34.6 Å². The Morgan fingerprint density at radius 3 is 2.82 bits per heavy atom. The smallest absolute Gasteiger partial charge is 0.262 e. The minimum Gasteiger partial charge on any atom is -0.379 e. The number of hydrogen-bond acceptors (Lipinski definition) is 5. The molecule has 1 fully saturated rings. The Labute approximate surface area is 170 Å². The quantitative estimate of drug-likeness (QED) is 0.395. The zero-order valence-corrected chi connectivity index (χ0v) is 17.5. The van der Waals surface area contributed by atoms with Gasteiger partial charge in [-0.25, -0.2) is 4.98 Å². The first-order valence-corrected chi connectivity index (χ1v) is 11.1. The van der Waals surface area contributed by atoms with Crippen LogP contribution >= 0.6 is 11.8 Å². The maximum absolute atomic E-state index is 13.0. The average Bonchev–Trinajstić information content (AvgIpc) is 3.18. The molecule has 0 aliphatic heterocycles. The topological polar surface area (TPSA) is 73.2 Å². The molecule has 0 saturated heterocycles. The summed E-state index contributed by atoms with van der Waals surface area (Å²) in [5.74, 6) is 0.276. The molecule has 152 valence electrons. The van der Waals surface area contributed by atoms with Crippen LogP contribution in [0.25, 0.3) is 10.9 Å². The van der Waals surface area contributed by atoms with E-state index in [1.54, 1.807) is 10.6 Å². The van der Waals surface area contributed by atoms with Crippen molar-refractivity contribution in [1.82, 2.24) is 14.9 Å². The fourth-order valence-corrected chi connectivity index (χ4v) is 4.30. The van der Waals surface area contributed by atoms with Crippen molar-refractivity contribution in [1.29, 1.82) is 0 Å². The third-order valence-corrected chi connectivity index (χ3v) is 5.83. The highest BCUT2D eigenvalue weighted by molar-refractivity contribution is 7.99. The standard InChI is InChI=1S/C21H29N3O3S/c1-15(2)27-13-7-12-24-20(26)17-10-5-6-11-18(17)23-21(24)28-14-19(25)22-16-8-3-4-9-16/h5-6,10-11,15-16H,3-4,7-9,12-14H2,1-2H3,(H,22,25). The Morgan fingerprint density at radius 2 is 2.07 bits per heavy atom. The number of rotatable bonds is 9. The first-order valence-electron chi connectivity index (χ1n) is 10.1. The number of nitrogens with zero attached hydrogens (tertiary/aromatic N) is 2. The summed E-state index contributed by atoms with van der Waals surface area (Å²) < 4.78 is 7.28. The Kier molecular flexibility index (Phi) is 7.50. The van der Waals surface area contributed by atoms with Gasteiger partial charge >= 0.3 is 0 Å². The van der Waals surface area contributed by atoms with Crippen molar-refractivity contribution in [2.24, 2.45) is 0 Å². The van der Waals surface area contributed by atoms with E-state index in [2.05, 4.69) is 10.3 Å². The number of thioether (sulfide) groups is 1. The normalized spacial score (nSPS) is 14.8. The van der Waals surface area contributed by atoms with Gasteiger partial charge in [0.25, 0.3) is 5.56 Å². The summed E-state index contributed by atoms with van der Waals surface area (Å²) in [5, 5.41) is 4.29. The molecule has 1 aromatic heterocycles. The van der Waals surface area contributed by atoms with Crippen molar-refractivity contribution < 1.29 is 9.53 Å². The highest BCUT2D eigenvalue weighted by Crippen LogP contribution is 2.20. The number of carbonyl (C=O) groups excluding carboxylic acids is 1. The number of hydrogen-bond donors (Lipinski definition) is 1. The van der Waals surface area contributed by atoms with E-state index in [0.717, 1.165) is 19.3 Å². The maximum atomic E-state index is 13.0. The van der Waals surface area contributed by atoms with Crippen LogP contribution in [0.5, 0.6) is 0 Å². The molecule has 7 heteroatoms. The van der Waals surface area contributed by atoms with Gasteiger partial charge in [-0.1, -0.05) is 36.7 Å². The summed E-state index contributed by atoms with van der Waals surface area (Å²) in [4.78, 5) is 29.9. The van der Waals surface area contributed by atoms with E-state index in [4.69, 9.17) is 4.74 Å². The minimum absolute atomic E-state index is 0.00833. The first kappa shape index (κ1) is 20.9. The number of amides is 1. The van der Waals surface area contributed by atoms with E-state index < -0.39 is 0 Å². The molecule has 0 spiro atoms. The molecular formula is C21H29N3O3S. The molecule has 1 aliphatic carbocycles. The number of aromatic nitrogens is 2. The fourth-order valence-electron chi connectivity index (χ4n) is 3.47. The van der Waals surface area contributed by atoms with Gasteiger partial charge in [-0.3, -0.25) is 14.2 Å². The molecule has 2 aromatic rings. The molecule has 1 N–H and O–H groups in total. The van der Waals surface area contributed by atoms with Gasteiger partial charge in [0.1, 0.15) is 0 Å².